The fraction of sp³-hybridized carbons (Fsp3) is 0.0476. The van der Waals surface area contributed by atoms with Gasteiger partial charge in [0.15, 0.2) is 11.5 Å². The normalized spacial score (nSPS) is 12.7. The highest BCUT2D eigenvalue weighted by atomic mass is 32.2. The van der Waals surface area contributed by atoms with E-state index in [1.807, 2.05) is 0 Å². The smallest absolute Gasteiger partial charge is 0.231 e. The number of aromatic nitrogens is 2. The van der Waals surface area contributed by atoms with E-state index in [0.717, 1.165) is 24.3 Å². The molecule has 1 aliphatic heterocycles. The zero-order valence-corrected chi connectivity index (χ0v) is 16.6. The first-order valence-corrected chi connectivity index (χ1v) is 10.6. The van der Waals surface area contributed by atoms with Gasteiger partial charge in [-0.1, -0.05) is 18.2 Å². The molecule has 0 atom stereocenters. The number of benzene rings is 3. The monoisotopic (exact) mass is 437 g/mol. The van der Waals surface area contributed by atoms with Gasteiger partial charge in [-0.3, -0.25) is 0 Å². The van der Waals surface area contributed by atoms with Crippen LogP contribution < -0.4 is 14.8 Å². The molecule has 10 heteroatoms. The Kier molecular flexibility index (Phi) is 4.55. The molecule has 5 rings (SSSR count). The van der Waals surface area contributed by atoms with Gasteiger partial charge in [0.25, 0.3) is 0 Å². The predicted molar refractivity (Wildman–Crippen MR) is 112 cm³/mol. The molecule has 0 unspecified atom stereocenters. The lowest BCUT2D eigenvalue weighted by molar-refractivity contribution is 0.174. The fourth-order valence-corrected chi connectivity index (χ4v) is 3.96. The summed E-state index contributed by atoms with van der Waals surface area (Å²) in [7, 11) is -4.15. The highest BCUT2D eigenvalue weighted by molar-refractivity contribution is 7.94. The number of ether oxygens (including phenoxy) is 2. The summed E-state index contributed by atoms with van der Waals surface area (Å²) < 4.78 is 53.3. The zero-order chi connectivity index (χ0) is 21.4. The minimum Gasteiger partial charge on any atom is -0.454 e. The summed E-state index contributed by atoms with van der Waals surface area (Å²) in [5.41, 5.74) is 1.63. The highest BCUT2D eigenvalue weighted by Gasteiger charge is 2.16. The SMILES string of the molecule is O=S(=O)([N-]c1nc2ccccc2nc1Nc1ccc2c(c1)OCO2)c1ccc(F)cc1. The molecule has 1 aliphatic rings. The molecule has 0 bridgehead atoms. The quantitative estimate of drug-likeness (QED) is 0.485. The number of fused-ring (bicyclic) bond motifs is 2. The van der Waals surface area contributed by atoms with Gasteiger partial charge >= 0.3 is 0 Å². The predicted octanol–water partition coefficient (Wildman–Crippen LogP) is 4.64. The van der Waals surface area contributed by atoms with Crippen LogP contribution >= 0.6 is 0 Å². The van der Waals surface area contributed by atoms with Gasteiger partial charge in [0.1, 0.15) is 11.6 Å². The van der Waals surface area contributed by atoms with Gasteiger partial charge in [0.05, 0.1) is 10.4 Å². The standard InChI is InChI=1S/C21H14FN4O4S/c22-13-5-8-15(9-6-13)31(27,28)26-21-20(24-16-3-1-2-4-17(16)25-21)23-14-7-10-18-19(11-14)30-12-29-18/h1-11H,12H2,(H-,23,24,25,26)/q-1. The van der Waals surface area contributed by atoms with Gasteiger partial charge in [0.2, 0.25) is 16.8 Å². The Balaban J connectivity index is 1.55. The van der Waals surface area contributed by atoms with E-state index in [4.69, 9.17) is 9.47 Å². The van der Waals surface area contributed by atoms with E-state index in [-0.39, 0.29) is 23.3 Å². The zero-order valence-electron chi connectivity index (χ0n) is 15.8. The third kappa shape index (κ3) is 3.80. The topological polar surface area (TPSA) is 105 Å². The van der Waals surface area contributed by atoms with E-state index < -0.39 is 15.8 Å². The van der Waals surface area contributed by atoms with Gasteiger partial charge < -0.3 is 24.5 Å². The second kappa shape index (κ2) is 7.40. The number of halogens is 1. The minimum absolute atomic E-state index is 0.124. The molecule has 3 aromatic carbocycles. The summed E-state index contributed by atoms with van der Waals surface area (Å²) in [5.74, 6) is 0.633. The summed E-state index contributed by atoms with van der Waals surface area (Å²) >= 11 is 0. The largest absolute Gasteiger partial charge is 0.454 e. The molecule has 156 valence electrons. The van der Waals surface area contributed by atoms with Crippen molar-refractivity contribution in [3.63, 3.8) is 0 Å². The van der Waals surface area contributed by atoms with Crippen LogP contribution in [-0.2, 0) is 10.0 Å². The van der Waals surface area contributed by atoms with Crippen LogP contribution in [0.3, 0.4) is 0 Å². The van der Waals surface area contributed by atoms with Crippen LogP contribution in [0.15, 0.2) is 71.6 Å². The molecule has 1 N–H and O–H groups in total. The van der Waals surface area contributed by atoms with Crippen molar-refractivity contribution in [2.24, 2.45) is 0 Å². The van der Waals surface area contributed by atoms with E-state index >= 15 is 0 Å². The molecule has 31 heavy (non-hydrogen) atoms. The van der Waals surface area contributed by atoms with E-state index in [1.54, 1.807) is 42.5 Å². The van der Waals surface area contributed by atoms with Crippen LogP contribution in [0, 0.1) is 5.82 Å². The van der Waals surface area contributed by atoms with Crippen molar-refractivity contribution in [2.75, 3.05) is 12.1 Å². The van der Waals surface area contributed by atoms with Crippen LogP contribution in [0.5, 0.6) is 11.5 Å². The number of para-hydroxylation sites is 2. The van der Waals surface area contributed by atoms with Crippen molar-refractivity contribution in [1.29, 1.82) is 0 Å². The maximum Gasteiger partial charge on any atom is 0.231 e. The molecule has 0 spiro atoms. The van der Waals surface area contributed by atoms with Crippen molar-refractivity contribution < 1.29 is 22.3 Å². The third-order valence-electron chi connectivity index (χ3n) is 4.51. The number of anilines is 2. The molecule has 1 aromatic heterocycles. The molecule has 0 aliphatic carbocycles. The first-order chi connectivity index (χ1) is 15.0. The van der Waals surface area contributed by atoms with Gasteiger partial charge in [-0.05, 0) is 53.8 Å². The molecule has 0 saturated heterocycles. The Bertz CT molecular complexity index is 1390. The molecular weight excluding hydrogens is 423 g/mol. The summed E-state index contributed by atoms with van der Waals surface area (Å²) in [5, 5.41) is 3.05. The molecule has 0 radical (unpaired) electrons. The Morgan fingerprint density at radius 2 is 1.61 bits per heavy atom. The number of sulfonamides is 1. The van der Waals surface area contributed by atoms with Crippen LogP contribution in [0.1, 0.15) is 0 Å². The average Bonchev–Trinajstić information content (AvgIpc) is 3.22. The van der Waals surface area contributed by atoms with Gasteiger partial charge in [-0.15, -0.1) is 0 Å². The van der Waals surface area contributed by atoms with E-state index in [2.05, 4.69) is 20.0 Å². The molecule has 2 heterocycles. The molecule has 0 saturated carbocycles. The van der Waals surface area contributed by atoms with Crippen molar-refractivity contribution >= 4 is 38.4 Å². The van der Waals surface area contributed by atoms with Crippen molar-refractivity contribution in [1.82, 2.24) is 9.97 Å². The second-order valence-corrected chi connectivity index (χ2v) is 8.20. The Labute approximate surface area is 176 Å². The first-order valence-electron chi connectivity index (χ1n) is 9.15. The molecule has 8 nitrogen and oxygen atoms in total. The van der Waals surface area contributed by atoms with E-state index in [0.29, 0.717) is 28.2 Å². The Morgan fingerprint density at radius 1 is 0.903 bits per heavy atom. The number of nitrogens with zero attached hydrogens (tertiary/aromatic N) is 3. The van der Waals surface area contributed by atoms with Crippen molar-refractivity contribution in [3.8, 4) is 11.5 Å². The average molecular weight is 437 g/mol. The molecule has 4 aromatic rings. The van der Waals surface area contributed by atoms with Crippen LogP contribution in [0.4, 0.5) is 21.7 Å². The van der Waals surface area contributed by atoms with E-state index in [9.17, 15) is 12.8 Å². The minimum atomic E-state index is -4.15. The molecule has 0 amide bonds. The summed E-state index contributed by atoms with van der Waals surface area (Å²) in [6.45, 7) is 0.130. The lowest BCUT2D eigenvalue weighted by Gasteiger charge is -2.21. The summed E-state index contributed by atoms with van der Waals surface area (Å²) in [4.78, 5) is 8.71. The van der Waals surface area contributed by atoms with Gasteiger partial charge in [-0.2, -0.15) is 0 Å². The van der Waals surface area contributed by atoms with Gasteiger partial charge in [-0.25, -0.2) is 17.8 Å². The number of rotatable bonds is 5. The maximum absolute atomic E-state index is 13.2. The fourth-order valence-electron chi connectivity index (χ4n) is 3.02. The van der Waals surface area contributed by atoms with Crippen molar-refractivity contribution in [3.05, 3.63) is 77.3 Å². The van der Waals surface area contributed by atoms with Gasteiger partial charge in [0, 0.05) is 11.8 Å². The Hall–Kier alpha value is -3.92. The Morgan fingerprint density at radius 3 is 2.39 bits per heavy atom. The van der Waals surface area contributed by atoms with Crippen LogP contribution in [0.25, 0.3) is 15.8 Å². The number of nitrogens with one attached hydrogen (secondary N) is 1. The number of hydrogen-bond acceptors (Lipinski definition) is 7. The van der Waals surface area contributed by atoms with Crippen molar-refractivity contribution in [2.45, 2.75) is 4.90 Å². The third-order valence-corrected chi connectivity index (χ3v) is 5.79. The maximum atomic E-state index is 13.2. The molecule has 0 fully saturated rings. The lowest BCUT2D eigenvalue weighted by Crippen LogP contribution is -2.03. The number of hydrogen-bond donors (Lipinski definition) is 1. The second-order valence-electron chi connectivity index (χ2n) is 6.60. The van der Waals surface area contributed by atoms with Crippen LogP contribution in [-0.4, -0.2) is 25.2 Å². The lowest BCUT2D eigenvalue weighted by atomic mass is 10.2. The molecular formula is C21H14FN4O4S-. The first kappa shape index (κ1) is 19.1. The summed E-state index contributed by atoms with van der Waals surface area (Å²) in [6, 6.07) is 16.6. The summed E-state index contributed by atoms with van der Waals surface area (Å²) in [6.07, 6.45) is 0. The highest BCUT2D eigenvalue weighted by Crippen LogP contribution is 2.38. The van der Waals surface area contributed by atoms with E-state index in [1.165, 1.54) is 0 Å². The van der Waals surface area contributed by atoms with Crippen LogP contribution in [0.2, 0.25) is 0 Å².